The number of ketones is 1. The van der Waals surface area contributed by atoms with Crippen molar-refractivity contribution in [3.8, 4) is 17.2 Å². The molecule has 26 heavy (non-hydrogen) atoms. The fourth-order valence-corrected chi connectivity index (χ4v) is 2.82. The highest BCUT2D eigenvalue weighted by atomic mass is 16.6. The van der Waals surface area contributed by atoms with Crippen LogP contribution >= 0.6 is 0 Å². The van der Waals surface area contributed by atoms with Gasteiger partial charge in [-0.25, -0.2) is 4.79 Å². The lowest BCUT2D eigenvalue weighted by atomic mass is 10.1. The minimum atomic E-state index is -0.626. The summed E-state index contributed by atoms with van der Waals surface area (Å²) < 4.78 is 23.4. The topological polar surface area (TPSA) is 76.0 Å². The summed E-state index contributed by atoms with van der Waals surface area (Å²) in [4.78, 5) is 24.7. The molecule has 0 aliphatic carbocycles. The second kappa shape index (κ2) is 7.11. The van der Waals surface area contributed by atoms with E-state index in [0.717, 1.165) is 11.4 Å². The first kappa shape index (κ1) is 17.8. The van der Waals surface area contributed by atoms with Crippen LogP contribution in [0.5, 0.6) is 17.2 Å². The number of esters is 1. The number of hydrogen-bond donors (Lipinski definition) is 0. The van der Waals surface area contributed by atoms with Crippen LogP contribution in [-0.2, 0) is 11.8 Å². The standard InChI is InChI=1S/C19H21NO6/c1-11-7-14(12(2)20(11)3)15(21)10-26-19(22)13-8-16(23-4)18-17(9-13)24-5-6-25-18/h7-9H,5-6,10H2,1-4H3. The summed E-state index contributed by atoms with van der Waals surface area (Å²) in [6.07, 6.45) is 0. The van der Waals surface area contributed by atoms with Gasteiger partial charge in [0.25, 0.3) is 0 Å². The zero-order chi connectivity index (χ0) is 18.8. The Morgan fingerprint density at radius 1 is 1.15 bits per heavy atom. The van der Waals surface area contributed by atoms with Crippen LogP contribution in [0.4, 0.5) is 0 Å². The Morgan fingerprint density at radius 3 is 2.54 bits per heavy atom. The van der Waals surface area contributed by atoms with Crippen LogP contribution in [0.25, 0.3) is 0 Å². The van der Waals surface area contributed by atoms with Crippen LogP contribution < -0.4 is 14.2 Å². The Hall–Kier alpha value is -2.96. The van der Waals surface area contributed by atoms with Crippen molar-refractivity contribution in [1.82, 2.24) is 4.57 Å². The molecule has 1 aromatic heterocycles. The molecule has 1 aliphatic heterocycles. The van der Waals surface area contributed by atoms with Crippen molar-refractivity contribution in [2.45, 2.75) is 13.8 Å². The number of ether oxygens (including phenoxy) is 4. The highest BCUT2D eigenvalue weighted by Gasteiger charge is 2.22. The van der Waals surface area contributed by atoms with Gasteiger partial charge in [0.1, 0.15) is 13.2 Å². The second-order valence-electron chi connectivity index (χ2n) is 6.05. The Balaban J connectivity index is 1.74. The molecule has 0 unspecified atom stereocenters. The van der Waals surface area contributed by atoms with Gasteiger partial charge in [0.2, 0.25) is 11.5 Å². The number of carbonyl (C=O) groups is 2. The van der Waals surface area contributed by atoms with E-state index in [0.29, 0.717) is 36.0 Å². The number of Topliss-reactive ketones (excluding diaryl/α,β-unsaturated/α-hetero) is 1. The van der Waals surface area contributed by atoms with Gasteiger partial charge in [-0.15, -0.1) is 0 Å². The maximum Gasteiger partial charge on any atom is 0.338 e. The van der Waals surface area contributed by atoms with Crippen molar-refractivity contribution < 1.29 is 28.5 Å². The first-order valence-electron chi connectivity index (χ1n) is 8.23. The molecular weight excluding hydrogens is 338 g/mol. The normalized spacial score (nSPS) is 12.6. The largest absolute Gasteiger partial charge is 0.493 e. The van der Waals surface area contributed by atoms with Gasteiger partial charge in [0.05, 0.1) is 12.7 Å². The molecule has 0 fully saturated rings. The van der Waals surface area contributed by atoms with Crippen molar-refractivity contribution in [2.24, 2.45) is 7.05 Å². The minimum absolute atomic E-state index is 0.236. The van der Waals surface area contributed by atoms with E-state index >= 15 is 0 Å². The average Bonchev–Trinajstić information content (AvgIpc) is 2.92. The first-order valence-corrected chi connectivity index (χ1v) is 8.23. The summed E-state index contributed by atoms with van der Waals surface area (Å²) in [7, 11) is 3.36. The van der Waals surface area contributed by atoms with Crippen LogP contribution in [0, 0.1) is 13.8 Å². The van der Waals surface area contributed by atoms with Gasteiger partial charge >= 0.3 is 5.97 Å². The molecule has 2 aromatic rings. The lowest BCUT2D eigenvalue weighted by Crippen LogP contribution is -2.18. The smallest absolute Gasteiger partial charge is 0.338 e. The molecule has 0 amide bonds. The molecule has 0 N–H and O–H groups in total. The van der Waals surface area contributed by atoms with Gasteiger partial charge in [-0.05, 0) is 32.0 Å². The molecule has 0 bridgehead atoms. The SMILES string of the molecule is COc1cc(C(=O)OCC(=O)c2cc(C)n(C)c2C)cc2c1OCCO2. The van der Waals surface area contributed by atoms with Gasteiger partial charge in [0, 0.05) is 24.0 Å². The van der Waals surface area contributed by atoms with Crippen molar-refractivity contribution >= 4 is 11.8 Å². The summed E-state index contributed by atoms with van der Waals surface area (Å²) in [5.74, 6) is 0.392. The number of methoxy groups -OCH3 is 1. The van der Waals surface area contributed by atoms with E-state index in [9.17, 15) is 9.59 Å². The van der Waals surface area contributed by atoms with Gasteiger partial charge < -0.3 is 23.5 Å². The average molecular weight is 359 g/mol. The predicted molar refractivity (Wildman–Crippen MR) is 93.5 cm³/mol. The zero-order valence-electron chi connectivity index (χ0n) is 15.3. The van der Waals surface area contributed by atoms with Gasteiger partial charge in [-0.3, -0.25) is 4.79 Å². The first-order chi connectivity index (χ1) is 12.4. The number of nitrogens with zero attached hydrogens (tertiary/aromatic N) is 1. The van der Waals surface area contributed by atoms with Crippen LogP contribution in [0.15, 0.2) is 18.2 Å². The third-order valence-electron chi connectivity index (χ3n) is 4.47. The molecule has 0 spiro atoms. The maximum absolute atomic E-state index is 12.4. The van der Waals surface area contributed by atoms with E-state index in [4.69, 9.17) is 18.9 Å². The molecule has 0 saturated carbocycles. The third kappa shape index (κ3) is 3.24. The summed E-state index contributed by atoms with van der Waals surface area (Å²) in [6, 6.07) is 4.83. The lowest BCUT2D eigenvalue weighted by Gasteiger charge is -2.21. The van der Waals surface area contributed by atoms with E-state index in [-0.39, 0.29) is 18.0 Å². The highest BCUT2D eigenvalue weighted by Crippen LogP contribution is 2.40. The number of hydrogen-bond acceptors (Lipinski definition) is 6. The number of carbonyl (C=O) groups excluding carboxylic acids is 2. The molecule has 0 radical (unpaired) electrons. The van der Waals surface area contributed by atoms with Crippen molar-refractivity contribution in [1.29, 1.82) is 0 Å². The van der Waals surface area contributed by atoms with E-state index in [1.807, 2.05) is 25.5 Å². The second-order valence-corrected chi connectivity index (χ2v) is 6.05. The molecule has 1 aromatic carbocycles. The van der Waals surface area contributed by atoms with Gasteiger partial charge in [-0.2, -0.15) is 0 Å². The minimum Gasteiger partial charge on any atom is -0.493 e. The Morgan fingerprint density at radius 2 is 1.88 bits per heavy atom. The molecule has 0 atom stereocenters. The molecule has 1 aliphatic rings. The van der Waals surface area contributed by atoms with Crippen LogP contribution in [0.1, 0.15) is 32.1 Å². The van der Waals surface area contributed by atoms with Crippen molar-refractivity contribution in [2.75, 3.05) is 26.9 Å². The Kier molecular flexibility index (Phi) is 4.88. The van der Waals surface area contributed by atoms with Gasteiger partial charge in [0.15, 0.2) is 18.1 Å². The molecule has 138 valence electrons. The number of benzene rings is 1. The predicted octanol–water partition coefficient (Wildman–Crippen LogP) is 2.46. The maximum atomic E-state index is 12.4. The summed E-state index contributed by atoms with van der Waals surface area (Å²) in [6.45, 7) is 4.24. The molecule has 2 heterocycles. The zero-order valence-corrected chi connectivity index (χ0v) is 15.3. The quantitative estimate of drug-likeness (QED) is 0.603. The molecule has 0 saturated heterocycles. The molecular formula is C19H21NO6. The number of aryl methyl sites for hydroxylation is 1. The van der Waals surface area contributed by atoms with Crippen molar-refractivity contribution in [3.05, 3.63) is 40.7 Å². The number of fused-ring (bicyclic) bond motifs is 1. The van der Waals surface area contributed by atoms with E-state index < -0.39 is 5.97 Å². The fourth-order valence-electron chi connectivity index (χ4n) is 2.82. The molecule has 3 rings (SSSR count). The number of rotatable bonds is 5. The van der Waals surface area contributed by atoms with E-state index in [1.54, 1.807) is 6.07 Å². The summed E-state index contributed by atoms with van der Waals surface area (Å²) in [5, 5.41) is 0. The van der Waals surface area contributed by atoms with Crippen molar-refractivity contribution in [3.63, 3.8) is 0 Å². The third-order valence-corrected chi connectivity index (χ3v) is 4.47. The fraction of sp³-hybridized carbons (Fsp3) is 0.368. The Labute approximate surface area is 151 Å². The van der Waals surface area contributed by atoms with E-state index in [1.165, 1.54) is 19.2 Å². The summed E-state index contributed by atoms with van der Waals surface area (Å²) >= 11 is 0. The monoisotopic (exact) mass is 359 g/mol. The number of aromatic nitrogens is 1. The van der Waals surface area contributed by atoms with Crippen LogP contribution in [-0.4, -0.2) is 43.3 Å². The summed E-state index contributed by atoms with van der Waals surface area (Å²) in [5.41, 5.74) is 2.59. The van der Waals surface area contributed by atoms with Gasteiger partial charge in [-0.1, -0.05) is 0 Å². The molecule has 7 heteroatoms. The molecule has 7 nitrogen and oxygen atoms in total. The van der Waals surface area contributed by atoms with E-state index in [2.05, 4.69) is 0 Å². The lowest BCUT2D eigenvalue weighted by molar-refractivity contribution is 0.0473. The van der Waals surface area contributed by atoms with Crippen LogP contribution in [0.3, 0.4) is 0 Å². The van der Waals surface area contributed by atoms with Crippen LogP contribution in [0.2, 0.25) is 0 Å². The Bertz CT molecular complexity index is 850. The highest BCUT2D eigenvalue weighted by molar-refractivity contribution is 6.00.